The molecule has 1 aromatic carbocycles. The van der Waals surface area contributed by atoms with Crippen LogP contribution in [0.2, 0.25) is 0 Å². The van der Waals surface area contributed by atoms with Crippen LogP contribution in [0.1, 0.15) is 11.6 Å². The molecular formula is C11H14N4O2S. The molecule has 6 nitrogen and oxygen atoms in total. The normalized spacial score (nSPS) is 15.6. The van der Waals surface area contributed by atoms with Crippen LogP contribution in [0, 0.1) is 0 Å². The number of thioether (sulfide) groups is 1. The molecule has 7 heteroatoms. The third kappa shape index (κ3) is 2.47. The van der Waals surface area contributed by atoms with Crippen molar-refractivity contribution in [2.75, 3.05) is 18.1 Å². The summed E-state index contributed by atoms with van der Waals surface area (Å²) in [4.78, 5) is 23.9. The Morgan fingerprint density at radius 2 is 2.28 bits per heavy atom. The van der Waals surface area contributed by atoms with Gasteiger partial charge < -0.3 is 11.1 Å². The Kier molecular flexibility index (Phi) is 3.55. The van der Waals surface area contributed by atoms with Crippen LogP contribution in [-0.4, -0.2) is 29.6 Å². The minimum Gasteiger partial charge on any atom is -0.324 e. The highest BCUT2D eigenvalue weighted by Gasteiger charge is 2.21. The number of hydrogen-bond acceptors (Lipinski definition) is 5. The van der Waals surface area contributed by atoms with Gasteiger partial charge in [0.2, 0.25) is 5.91 Å². The van der Waals surface area contributed by atoms with Crippen molar-refractivity contribution in [1.29, 1.82) is 0 Å². The fourth-order valence-electron chi connectivity index (χ4n) is 1.66. The first kappa shape index (κ1) is 12.9. The van der Waals surface area contributed by atoms with Gasteiger partial charge in [-0.15, -0.1) is 11.8 Å². The highest BCUT2D eigenvalue weighted by Crippen LogP contribution is 2.33. The van der Waals surface area contributed by atoms with Gasteiger partial charge >= 0.3 is 0 Å². The van der Waals surface area contributed by atoms with Gasteiger partial charge in [0, 0.05) is 11.9 Å². The monoisotopic (exact) mass is 266 g/mol. The van der Waals surface area contributed by atoms with Gasteiger partial charge in [0.25, 0.3) is 5.91 Å². The predicted molar refractivity (Wildman–Crippen MR) is 69.7 cm³/mol. The summed E-state index contributed by atoms with van der Waals surface area (Å²) in [7, 11) is 1.44. The van der Waals surface area contributed by atoms with Crippen molar-refractivity contribution >= 4 is 29.3 Å². The number of nitrogens with two attached hydrogens (primary N) is 2. The second-order valence-corrected chi connectivity index (χ2v) is 5.04. The molecule has 1 atom stereocenters. The number of fused-ring (bicyclic) bond motifs is 1. The van der Waals surface area contributed by atoms with E-state index in [1.807, 2.05) is 6.07 Å². The lowest BCUT2D eigenvalue weighted by atomic mass is 10.1. The molecule has 0 bridgehead atoms. The molecule has 0 radical (unpaired) electrons. The molecular weight excluding hydrogens is 252 g/mol. The molecule has 1 heterocycles. The van der Waals surface area contributed by atoms with Crippen molar-refractivity contribution < 1.29 is 9.59 Å². The van der Waals surface area contributed by atoms with Crippen molar-refractivity contribution in [3.05, 3.63) is 23.8 Å². The van der Waals surface area contributed by atoms with Gasteiger partial charge in [-0.3, -0.25) is 14.6 Å². The van der Waals surface area contributed by atoms with Crippen LogP contribution in [-0.2, 0) is 9.59 Å². The Morgan fingerprint density at radius 3 is 2.94 bits per heavy atom. The Hall–Kier alpha value is -1.57. The van der Waals surface area contributed by atoms with Gasteiger partial charge in [-0.25, -0.2) is 5.84 Å². The van der Waals surface area contributed by atoms with Crippen molar-refractivity contribution in [2.45, 2.75) is 10.9 Å². The van der Waals surface area contributed by atoms with E-state index in [0.717, 1.165) is 9.90 Å². The minimum absolute atomic E-state index is 0.0551. The number of carbonyl (C=O) groups is 2. The SMILES string of the molecule is CN(N)C(=O)C(N)c1ccc2c(c1)NC(=O)CS2. The van der Waals surface area contributed by atoms with E-state index >= 15 is 0 Å². The zero-order valence-electron chi connectivity index (χ0n) is 9.84. The van der Waals surface area contributed by atoms with Crippen LogP contribution in [0.4, 0.5) is 5.69 Å². The molecule has 2 amide bonds. The van der Waals surface area contributed by atoms with Crippen molar-refractivity contribution in [3.63, 3.8) is 0 Å². The maximum atomic E-state index is 11.7. The predicted octanol–water partition coefficient (Wildman–Crippen LogP) is 0.0627. The molecule has 0 aromatic heterocycles. The molecule has 1 unspecified atom stereocenters. The molecule has 0 saturated heterocycles. The number of amides is 2. The molecule has 0 spiro atoms. The quantitative estimate of drug-likeness (QED) is 0.399. The molecule has 96 valence electrons. The second kappa shape index (κ2) is 4.97. The summed E-state index contributed by atoms with van der Waals surface area (Å²) in [6.07, 6.45) is 0. The van der Waals surface area contributed by atoms with Crippen LogP contribution >= 0.6 is 11.8 Å². The average molecular weight is 266 g/mol. The van der Waals surface area contributed by atoms with Gasteiger partial charge in [0.05, 0.1) is 11.4 Å². The smallest absolute Gasteiger partial charge is 0.257 e. The van der Waals surface area contributed by atoms with E-state index in [1.165, 1.54) is 18.8 Å². The maximum absolute atomic E-state index is 11.7. The number of rotatable bonds is 2. The third-order valence-corrected chi connectivity index (χ3v) is 3.68. The number of hydrazine groups is 1. The summed E-state index contributed by atoms with van der Waals surface area (Å²) < 4.78 is 0. The van der Waals surface area contributed by atoms with Gasteiger partial charge in [-0.1, -0.05) is 6.07 Å². The third-order valence-electron chi connectivity index (χ3n) is 2.61. The summed E-state index contributed by atoms with van der Waals surface area (Å²) in [6, 6.07) is 4.51. The zero-order valence-corrected chi connectivity index (χ0v) is 10.7. The first-order valence-electron chi connectivity index (χ1n) is 5.33. The van der Waals surface area contributed by atoms with E-state index in [1.54, 1.807) is 12.1 Å². The van der Waals surface area contributed by atoms with Gasteiger partial charge in [0.1, 0.15) is 6.04 Å². The molecule has 1 aromatic rings. The standard InChI is InChI=1S/C11H14N4O2S/c1-15(13)11(17)10(12)6-2-3-8-7(4-6)14-9(16)5-18-8/h2-4,10H,5,12-13H2,1H3,(H,14,16). The number of hydrogen-bond donors (Lipinski definition) is 3. The zero-order chi connectivity index (χ0) is 13.3. The highest BCUT2D eigenvalue weighted by molar-refractivity contribution is 8.00. The van der Waals surface area contributed by atoms with Crippen molar-refractivity contribution in [3.8, 4) is 0 Å². The highest BCUT2D eigenvalue weighted by atomic mass is 32.2. The van der Waals surface area contributed by atoms with Crippen molar-refractivity contribution in [2.24, 2.45) is 11.6 Å². The molecule has 0 fully saturated rings. The van der Waals surface area contributed by atoms with Gasteiger partial charge in [-0.05, 0) is 17.7 Å². The van der Waals surface area contributed by atoms with Crippen LogP contribution in [0.25, 0.3) is 0 Å². The summed E-state index contributed by atoms with van der Waals surface area (Å²) in [5.41, 5.74) is 7.13. The maximum Gasteiger partial charge on any atom is 0.257 e. The van der Waals surface area contributed by atoms with E-state index in [9.17, 15) is 9.59 Å². The van der Waals surface area contributed by atoms with Gasteiger partial charge in [-0.2, -0.15) is 0 Å². The van der Waals surface area contributed by atoms with E-state index in [-0.39, 0.29) is 11.8 Å². The Labute approximate surface area is 109 Å². The average Bonchev–Trinajstić information content (AvgIpc) is 2.35. The van der Waals surface area contributed by atoms with Crippen LogP contribution in [0.5, 0.6) is 0 Å². The van der Waals surface area contributed by atoms with Crippen molar-refractivity contribution in [1.82, 2.24) is 5.01 Å². The molecule has 1 aliphatic heterocycles. The molecule has 2 rings (SSSR count). The molecule has 18 heavy (non-hydrogen) atoms. The topological polar surface area (TPSA) is 101 Å². The summed E-state index contributed by atoms with van der Waals surface area (Å²) in [5.74, 6) is 5.33. The lowest BCUT2D eigenvalue weighted by molar-refractivity contribution is -0.131. The summed E-state index contributed by atoms with van der Waals surface area (Å²) >= 11 is 1.46. The van der Waals surface area contributed by atoms with E-state index in [4.69, 9.17) is 11.6 Å². The molecule has 0 aliphatic carbocycles. The fraction of sp³-hybridized carbons (Fsp3) is 0.273. The summed E-state index contributed by atoms with van der Waals surface area (Å²) in [5, 5.41) is 3.71. The van der Waals surface area contributed by atoms with E-state index in [2.05, 4.69) is 5.32 Å². The molecule has 1 aliphatic rings. The molecule has 5 N–H and O–H groups in total. The lowest BCUT2D eigenvalue weighted by Gasteiger charge is -2.20. The minimum atomic E-state index is -0.825. The Balaban J connectivity index is 2.28. The van der Waals surface area contributed by atoms with Crippen LogP contribution < -0.4 is 16.9 Å². The first-order chi connectivity index (χ1) is 8.49. The fourth-order valence-corrected chi connectivity index (χ4v) is 2.44. The number of nitrogens with one attached hydrogen (secondary N) is 1. The first-order valence-corrected chi connectivity index (χ1v) is 6.32. The Morgan fingerprint density at radius 1 is 1.56 bits per heavy atom. The molecule has 0 saturated carbocycles. The summed E-state index contributed by atoms with van der Waals surface area (Å²) in [6.45, 7) is 0. The number of nitrogens with zero attached hydrogens (tertiary/aromatic N) is 1. The number of carbonyl (C=O) groups excluding carboxylic acids is 2. The van der Waals surface area contributed by atoms with Crippen LogP contribution in [0.15, 0.2) is 23.1 Å². The largest absolute Gasteiger partial charge is 0.324 e. The van der Waals surface area contributed by atoms with Crippen LogP contribution in [0.3, 0.4) is 0 Å². The second-order valence-electron chi connectivity index (χ2n) is 4.02. The number of anilines is 1. The number of likely N-dealkylation sites (N-methyl/N-ethyl adjacent to an activating group) is 1. The lowest BCUT2D eigenvalue weighted by Crippen LogP contribution is -2.40. The Bertz CT molecular complexity index is 504. The number of benzene rings is 1. The van der Waals surface area contributed by atoms with E-state index in [0.29, 0.717) is 17.0 Å². The van der Waals surface area contributed by atoms with E-state index < -0.39 is 6.04 Å². The van der Waals surface area contributed by atoms with Gasteiger partial charge in [0.15, 0.2) is 0 Å².